The number of aromatic nitrogens is 2. The van der Waals surface area contributed by atoms with Gasteiger partial charge in [-0.2, -0.15) is 0 Å². The molecule has 2 aromatic heterocycles. The van der Waals surface area contributed by atoms with Crippen LogP contribution < -0.4 is 10.1 Å². The van der Waals surface area contributed by atoms with Gasteiger partial charge in [-0.25, -0.2) is 9.78 Å². The summed E-state index contributed by atoms with van der Waals surface area (Å²) in [5, 5.41) is 3.64. The lowest BCUT2D eigenvalue weighted by molar-refractivity contribution is -0.0197. The zero-order valence-corrected chi connectivity index (χ0v) is 24.5. The lowest BCUT2D eigenvalue weighted by atomic mass is 9.87. The third-order valence-corrected chi connectivity index (χ3v) is 8.78. The minimum absolute atomic E-state index is 0.118. The fourth-order valence-electron chi connectivity index (χ4n) is 6.60. The molecule has 1 N–H and O–H groups in total. The zero-order valence-electron chi connectivity index (χ0n) is 24.5. The molecule has 216 valence electrons. The van der Waals surface area contributed by atoms with E-state index in [1.54, 1.807) is 0 Å². The van der Waals surface area contributed by atoms with Crippen LogP contribution in [-0.4, -0.2) is 76.9 Å². The van der Waals surface area contributed by atoms with Gasteiger partial charge in [0.25, 0.3) is 0 Å². The normalized spacial score (nSPS) is 22.8. The van der Waals surface area contributed by atoms with Crippen LogP contribution in [-0.2, 0) is 9.47 Å². The number of fused-ring (bicyclic) bond motifs is 2. The molecular formula is C31H43N5O4. The number of carbonyl (C=O) groups is 1. The molecular weight excluding hydrogens is 506 g/mol. The molecule has 40 heavy (non-hydrogen) atoms. The van der Waals surface area contributed by atoms with E-state index in [0.29, 0.717) is 17.9 Å². The molecule has 1 amide bonds. The highest BCUT2D eigenvalue weighted by Gasteiger charge is 2.39. The number of anilines is 2. The van der Waals surface area contributed by atoms with Crippen LogP contribution in [0.15, 0.2) is 18.3 Å². The number of ether oxygens (including phenoxy) is 3. The van der Waals surface area contributed by atoms with Crippen LogP contribution in [0.25, 0.3) is 0 Å². The number of nitrogens with one attached hydrogen (secondary N) is 1. The Bertz CT molecular complexity index is 1240. The number of carbonyl (C=O) groups excluding carboxylic acids is 1. The van der Waals surface area contributed by atoms with Gasteiger partial charge in [0, 0.05) is 55.7 Å². The second-order valence-corrected chi connectivity index (χ2v) is 12.8. The van der Waals surface area contributed by atoms with E-state index in [-0.39, 0.29) is 12.2 Å². The van der Waals surface area contributed by atoms with Crippen molar-refractivity contribution in [2.45, 2.75) is 89.9 Å². The van der Waals surface area contributed by atoms with E-state index in [1.165, 1.54) is 5.56 Å². The molecule has 0 radical (unpaired) electrons. The first-order valence-electron chi connectivity index (χ1n) is 14.9. The summed E-state index contributed by atoms with van der Waals surface area (Å²) >= 11 is 0. The van der Waals surface area contributed by atoms with Crippen molar-refractivity contribution in [3.05, 3.63) is 40.8 Å². The summed E-state index contributed by atoms with van der Waals surface area (Å²) in [6, 6.07) is 4.76. The molecule has 0 bridgehead atoms. The van der Waals surface area contributed by atoms with Gasteiger partial charge in [0.2, 0.25) is 0 Å². The van der Waals surface area contributed by atoms with Crippen molar-refractivity contribution in [1.29, 1.82) is 0 Å². The highest BCUT2D eigenvalue weighted by Crippen LogP contribution is 2.44. The van der Waals surface area contributed by atoms with Crippen molar-refractivity contribution in [2.24, 2.45) is 0 Å². The second-order valence-electron chi connectivity index (χ2n) is 12.8. The number of nitrogens with zero attached hydrogens (tertiary/aromatic N) is 4. The molecule has 6 heterocycles. The lowest BCUT2D eigenvalue weighted by Gasteiger charge is -2.47. The van der Waals surface area contributed by atoms with Crippen molar-refractivity contribution < 1.29 is 19.0 Å². The Kier molecular flexibility index (Phi) is 7.38. The third-order valence-electron chi connectivity index (χ3n) is 8.78. The van der Waals surface area contributed by atoms with Gasteiger partial charge in [-0.1, -0.05) is 0 Å². The highest BCUT2D eigenvalue weighted by molar-refractivity contribution is 5.71. The first-order valence-corrected chi connectivity index (χ1v) is 14.9. The van der Waals surface area contributed by atoms with E-state index in [9.17, 15) is 4.79 Å². The highest BCUT2D eigenvalue weighted by atomic mass is 16.6. The molecule has 2 aromatic rings. The van der Waals surface area contributed by atoms with Crippen LogP contribution in [0.5, 0.6) is 5.75 Å². The summed E-state index contributed by atoms with van der Waals surface area (Å²) < 4.78 is 17.7. The average molecular weight is 550 g/mol. The Morgan fingerprint density at radius 2 is 1.82 bits per heavy atom. The van der Waals surface area contributed by atoms with E-state index in [2.05, 4.69) is 29.3 Å². The van der Waals surface area contributed by atoms with E-state index in [0.717, 1.165) is 99.3 Å². The van der Waals surface area contributed by atoms with Gasteiger partial charge >= 0.3 is 6.09 Å². The van der Waals surface area contributed by atoms with Crippen molar-refractivity contribution in [1.82, 2.24) is 19.8 Å². The smallest absolute Gasteiger partial charge is 0.410 e. The molecule has 4 aliphatic heterocycles. The Labute approximate surface area is 237 Å². The van der Waals surface area contributed by atoms with Gasteiger partial charge < -0.3 is 24.4 Å². The van der Waals surface area contributed by atoms with Gasteiger partial charge in [0.1, 0.15) is 17.5 Å². The topological polar surface area (TPSA) is 89.1 Å². The molecule has 0 aromatic carbocycles. The molecule has 0 unspecified atom stereocenters. The summed E-state index contributed by atoms with van der Waals surface area (Å²) in [5.74, 6) is 2.57. The number of likely N-dealkylation sites (tertiary alicyclic amines) is 2. The fraction of sp³-hybridized carbons (Fsp3) is 0.645. The van der Waals surface area contributed by atoms with Crippen LogP contribution in [0, 0.1) is 6.92 Å². The van der Waals surface area contributed by atoms with Crippen LogP contribution in [0.4, 0.5) is 16.3 Å². The molecule has 0 spiro atoms. The SMILES string of the molecule is Cc1nc(C2CCN(C3CN(C(=O)OC(C)(C)C)C3)CC2)cc2c1O[C@H](C)c1c(C3CCOCC3)ccnc1N2. The maximum absolute atomic E-state index is 12.3. The van der Waals surface area contributed by atoms with Crippen LogP contribution in [0.2, 0.25) is 0 Å². The number of rotatable bonds is 3. The van der Waals surface area contributed by atoms with Crippen molar-refractivity contribution in [3.63, 3.8) is 0 Å². The number of pyridine rings is 2. The summed E-state index contributed by atoms with van der Waals surface area (Å²) in [6.07, 6.45) is 5.75. The third kappa shape index (κ3) is 5.50. The van der Waals surface area contributed by atoms with Crippen molar-refractivity contribution >= 4 is 17.6 Å². The van der Waals surface area contributed by atoms with E-state index in [1.807, 2.05) is 38.8 Å². The van der Waals surface area contributed by atoms with Crippen molar-refractivity contribution in [3.8, 4) is 5.75 Å². The summed E-state index contributed by atoms with van der Waals surface area (Å²) in [7, 11) is 0. The maximum Gasteiger partial charge on any atom is 0.410 e. The first-order chi connectivity index (χ1) is 19.2. The lowest BCUT2D eigenvalue weighted by Crippen LogP contribution is -2.62. The standard InChI is InChI=1S/C31H43N5O4/c1-19-28-26(34-29-27(20(2)39-28)24(6-11-32-29)21-9-14-38-15-10-21)16-25(33-19)22-7-12-35(13-8-22)23-17-36(18-23)30(37)40-31(3,4)5/h6,11,16,20-23H,7-10,12-15,17-18H2,1-5H3,(H,32,34)/t20-/m1/s1. The minimum Gasteiger partial charge on any atom is -0.482 e. The van der Waals surface area contributed by atoms with Crippen LogP contribution in [0.3, 0.4) is 0 Å². The van der Waals surface area contributed by atoms with Gasteiger partial charge in [-0.15, -0.1) is 0 Å². The second kappa shape index (κ2) is 10.8. The predicted octanol–water partition coefficient (Wildman–Crippen LogP) is 5.67. The quantitative estimate of drug-likeness (QED) is 0.524. The Morgan fingerprint density at radius 1 is 1.10 bits per heavy atom. The molecule has 3 saturated heterocycles. The molecule has 0 saturated carbocycles. The van der Waals surface area contributed by atoms with E-state index >= 15 is 0 Å². The molecule has 6 rings (SSSR count). The Morgan fingerprint density at radius 3 is 2.52 bits per heavy atom. The van der Waals surface area contributed by atoms with Gasteiger partial charge in [0.15, 0.2) is 5.75 Å². The summed E-state index contributed by atoms with van der Waals surface area (Å²) in [4.78, 5) is 26.5. The molecule has 4 aliphatic rings. The zero-order chi connectivity index (χ0) is 28.0. The minimum atomic E-state index is -0.456. The van der Waals surface area contributed by atoms with Crippen LogP contribution in [0.1, 0.15) is 93.8 Å². The summed E-state index contributed by atoms with van der Waals surface area (Å²) in [5.41, 5.74) is 5.01. The molecule has 9 heteroatoms. The molecule has 3 fully saturated rings. The number of piperidine rings is 1. The largest absolute Gasteiger partial charge is 0.482 e. The monoisotopic (exact) mass is 549 g/mol. The number of amides is 1. The Balaban J connectivity index is 1.13. The maximum atomic E-state index is 12.3. The average Bonchev–Trinajstić information content (AvgIpc) is 3.04. The number of hydrogen-bond acceptors (Lipinski definition) is 8. The van der Waals surface area contributed by atoms with Gasteiger partial charge in [-0.05, 0) is 97.0 Å². The van der Waals surface area contributed by atoms with Crippen LogP contribution >= 0.6 is 0 Å². The number of aryl methyl sites for hydroxylation is 1. The van der Waals surface area contributed by atoms with E-state index in [4.69, 9.17) is 24.2 Å². The number of hydrogen-bond donors (Lipinski definition) is 1. The van der Waals surface area contributed by atoms with E-state index < -0.39 is 5.60 Å². The Hall–Kier alpha value is -2.91. The summed E-state index contributed by atoms with van der Waals surface area (Å²) in [6.45, 7) is 15.0. The predicted molar refractivity (Wildman–Crippen MR) is 153 cm³/mol. The van der Waals surface area contributed by atoms with Crippen molar-refractivity contribution in [2.75, 3.05) is 44.7 Å². The molecule has 0 aliphatic carbocycles. The van der Waals surface area contributed by atoms with Gasteiger partial charge in [0.05, 0.1) is 11.4 Å². The van der Waals surface area contributed by atoms with Gasteiger partial charge in [-0.3, -0.25) is 9.88 Å². The fourth-order valence-corrected chi connectivity index (χ4v) is 6.60. The first kappa shape index (κ1) is 27.3. The molecule has 1 atom stereocenters. The molecule has 9 nitrogen and oxygen atoms in total.